The second-order valence-corrected chi connectivity index (χ2v) is 4.69. The zero-order valence-corrected chi connectivity index (χ0v) is 11.3. The summed E-state index contributed by atoms with van der Waals surface area (Å²) in [6, 6.07) is 7.04. The number of pyridine rings is 1. The summed E-state index contributed by atoms with van der Waals surface area (Å²) in [5.74, 6) is -0.665. The van der Waals surface area contributed by atoms with Crippen LogP contribution in [0.3, 0.4) is 0 Å². The number of nitrogens with zero attached hydrogens (tertiary/aromatic N) is 2. The van der Waals surface area contributed by atoms with Gasteiger partial charge in [0.1, 0.15) is 0 Å². The molecule has 2 heterocycles. The zero-order valence-electron chi connectivity index (χ0n) is 10.4. The van der Waals surface area contributed by atoms with E-state index in [1.54, 1.807) is 42.0 Å². The number of amides is 2. The van der Waals surface area contributed by atoms with E-state index in [0.717, 1.165) is 5.56 Å². The number of carbonyl (C=O) groups excluding carboxylic acids is 2. The Balaban J connectivity index is 1.73. The number of thiophene rings is 1. The van der Waals surface area contributed by atoms with Crippen molar-refractivity contribution < 1.29 is 9.59 Å². The Bertz CT molecular complexity index is 596. The van der Waals surface area contributed by atoms with Gasteiger partial charge >= 0.3 is 0 Å². The molecule has 102 valence electrons. The third-order valence-corrected chi connectivity index (χ3v) is 3.11. The Morgan fingerprint density at radius 3 is 2.95 bits per heavy atom. The molecule has 0 spiro atoms. The molecule has 0 aliphatic heterocycles. The second-order valence-electron chi connectivity index (χ2n) is 3.74. The van der Waals surface area contributed by atoms with Crippen LogP contribution in [0.4, 0.5) is 0 Å². The lowest BCUT2D eigenvalue weighted by molar-refractivity contribution is -0.120. The van der Waals surface area contributed by atoms with Gasteiger partial charge in [-0.25, -0.2) is 5.43 Å². The predicted molar refractivity (Wildman–Crippen MR) is 76.6 cm³/mol. The minimum Gasteiger partial charge on any atom is -0.342 e. The average molecular weight is 288 g/mol. The van der Waals surface area contributed by atoms with Crippen LogP contribution in [0, 0.1) is 0 Å². The maximum Gasteiger partial charge on any atom is 0.261 e. The van der Waals surface area contributed by atoms with Crippen LogP contribution in [0.15, 0.2) is 47.1 Å². The van der Waals surface area contributed by atoms with E-state index in [0.29, 0.717) is 4.88 Å². The molecular weight excluding hydrogens is 276 g/mol. The van der Waals surface area contributed by atoms with E-state index >= 15 is 0 Å². The van der Waals surface area contributed by atoms with Gasteiger partial charge in [0.2, 0.25) is 0 Å². The number of hydrogen-bond donors (Lipinski definition) is 2. The summed E-state index contributed by atoms with van der Waals surface area (Å²) in [5, 5.41) is 8.07. The number of nitrogens with one attached hydrogen (secondary N) is 2. The van der Waals surface area contributed by atoms with Crippen molar-refractivity contribution in [2.75, 3.05) is 6.54 Å². The Hall–Kier alpha value is -2.54. The van der Waals surface area contributed by atoms with Crippen molar-refractivity contribution >= 4 is 29.4 Å². The van der Waals surface area contributed by atoms with E-state index in [2.05, 4.69) is 20.8 Å². The van der Waals surface area contributed by atoms with E-state index in [4.69, 9.17) is 0 Å². The van der Waals surface area contributed by atoms with Crippen molar-refractivity contribution in [2.45, 2.75) is 0 Å². The Morgan fingerprint density at radius 2 is 2.25 bits per heavy atom. The average Bonchev–Trinajstić information content (AvgIpc) is 3.00. The van der Waals surface area contributed by atoms with Gasteiger partial charge in [0.15, 0.2) is 0 Å². The van der Waals surface area contributed by atoms with Gasteiger partial charge in [0.05, 0.1) is 17.6 Å². The summed E-state index contributed by atoms with van der Waals surface area (Å²) >= 11 is 1.32. The third-order valence-electron chi connectivity index (χ3n) is 2.24. The number of aromatic nitrogens is 1. The molecule has 2 amide bonds. The molecular formula is C13H12N4O2S. The molecule has 2 rings (SSSR count). The molecule has 0 aliphatic carbocycles. The van der Waals surface area contributed by atoms with Crippen LogP contribution < -0.4 is 10.7 Å². The lowest BCUT2D eigenvalue weighted by atomic mass is 10.3. The number of hydrazone groups is 1. The fraction of sp³-hybridized carbons (Fsp3) is 0.0769. The molecule has 0 aromatic carbocycles. The van der Waals surface area contributed by atoms with E-state index in [1.165, 1.54) is 17.6 Å². The van der Waals surface area contributed by atoms with Crippen LogP contribution in [0.5, 0.6) is 0 Å². The molecule has 6 nitrogen and oxygen atoms in total. The number of rotatable bonds is 5. The highest BCUT2D eigenvalue weighted by Gasteiger charge is 2.07. The maximum atomic E-state index is 11.6. The number of carbonyl (C=O) groups is 2. The van der Waals surface area contributed by atoms with Gasteiger partial charge in [-0.2, -0.15) is 5.10 Å². The molecule has 0 fully saturated rings. The molecule has 7 heteroatoms. The summed E-state index contributed by atoms with van der Waals surface area (Å²) in [4.78, 5) is 27.5. The molecule has 2 aromatic rings. The molecule has 0 atom stereocenters. The first-order valence-corrected chi connectivity index (χ1v) is 6.67. The molecule has 0 unspecified atom stereocenters. The Morgan fingerprint density at radius 1 is 1.35 bits per heavy atom. The SMILES string of the molecule is O=C(CNC(=O)c1cccs1)NN=Cc1cccnc1. The quantitative estimate of drug-likeness (QED) is 0.636. The van der Waals surface area contributed by atoms with Crippen molar-refractivity contribution in [2.24, 2.45) is 5.10 Å². The lowest BCUT2D eigenvalue weighted by Crippen LogP contribution is -2.34. The fourth-order valence-corrected chi connectivity index (χ4v) is 1.97. The molecule has 0 saturated carbocycles. The van der Waals surface area contributed by atoms with Crippen molar-refractivity contribution in [1.82, 2.24) is 15.7 Å². The smallest absolute Gasteiger partial charge is 0.261 e. The summed E-state index contributed by atoms with van der Waals surface area (Å²) in [5.41, 5.74) is 3.10. The van der Waals surface area contributed by atoms with Crippen LogP contribution >= 0.6 is 11.3 Å². The van der Waals surface area contributed by atoms with Crippen LogP contribution in [-0.2, 0) is 4.79 Å². The topological polar surface area (TPSA) is 83.5 Å². The van der Waals surface area contributed by atoms with Crippen LogP contribution in [0.2, 0.25) is 0 Å². The highest BCUT2D eigenvalue weighted by atomic mass is 32.1. The van der Waals surface area contributed by atoms with Gasteiger partial charge in [-0.05, 0) is 17.5 Å². The predicted octanol–water partition coefficient (Wildman–Crippen LogP) is 1.02. The van der Waals surface area contributed by atoms with Gasteiger partial charge in [-0.3, -0.25) is 14.6 Å². The molecule has 2 N–H and O–H groups in total. The minimum absolute atomic E-state index is 0.124. The first kappa shape index (κ1) is 13.9. The Kier molecular flexibility index (Phi) is 4.96. The summed E-state index contributed by atoms with van der Waals surface area (Å²) in [6.45, 7) is -0.124. The zero-order chi connectivity index (χ0) is 14.2. The standard InChI is InChI=1S/C13H12N4O2S/c18-12(9-15-13(19)11-4-2-6-20-11)17-16-8-10-3-1-5-14-7-10/h1-8H,9H2,(H,15,19)(H,17,18). The highest BCUT2D eigenvalue weighted by Crippen LogP contribution is 2.07. The highest BCUT2D eigenvalue weighted by molar-refractivity contribution is 7.12. The van der Waals surface area contributed by atoms with E-state index < -0.39 is 5.91 Å². The largest absolute Gasteiger partial charge is 0.342 e. The van der Waals surface area contributed by atoms with Crippen molar-refractivity contribution in [3.8, 4) is 0 Å². The van der Waals surface area contributed by atoms with Crippen molar-refractivity contribution in [3.05, 3.63) is 52.5 Å². The van der Waals surface area contributed by atoms with E-state index in [-0.39, 0.29) is 12.5 Å². The molecule has 0 radical (unpaired) electrons. The van der Waals surface area contributed by atoms with Gasteiger partial charge < -0.3 is 5.32 Å². The Labute approximate surface area is 119 Å². The fourth-order valence-electron chi connectivity index (χ4n) is 1.33. The van der Waals surface area contributed by atoms with Gasteiger partial charge in [0.25, 0.3) is 11.8 Å². The molecule has 2 aromatic heterocycles. The lowest BCUT2D eigenvalue weighted by Gasteiger charge is -2.02. The molecule has 0 bridgehead atoms. The van der Waals surface area contributed by atoms with Gasteiger partial charge in [-0.1, -0.05) is 12.1 Å². The van der Waals surface area contributed by atoms with Gasteiger partial charge in [0, 0.05) is 18.0 Å². The summed E-state index contributed by atoms with van der Waals surface area (Å²) in [6.07, 6.45) is 4.75. The van der Waals surface area contributed by atoms with Crippen LogP contribution in [0.25, 0.3) is 0 Å². The van der Waals surface area contributed by atoms with E-state index in [9.17, 15) is 9.59 Å². The molecule has 0 saturated heterocycles. The molecule has 20 heavy (non-hydrogen) atoms. The monoisotopic (exact) mass is 288 g/mol. The first-order valence-electron chi connectivity index (χ1n) is 5.79. The third kappa shape index (κ3) is 4.29. The van der Waals surface area contributed by atoms with Crippen molar-refractivity contribution in [3.63, 3.8) is 0 Å². The minimum atomic E-state index is -0.393. The number of hydrogen-bond acceptors (Lipinski definition) is 5. The van der Waals surface area contributed by atoms with E-state index in [1.807, 2.05) is 0 Å². The van der Waals surface area contributed by atoms with Crippen LogP contribution in [0.1, 0.15) is 15.2 Å². The second kappa shape index (κ2) is 7.15. The van der Waals surface area contributed by atoms with Crippen LogP contribution in [-0.4, -0.2) is 29.6 Å². The maximum absolute atomic E-state index is 11.6. The molecule has 0 aliphatic rings. The summed E-state index contributed by atoms with van der Waals surface area (Å²) in [7, 11) is 0. The normalized spacial score (nSPS) is 10.4. The first-order chi connectivity index (χ1) is 9.75. The van der Waals surface area contributed by atoms with Gasteiger partial charge in [-0.15, -0.1) is 11.3 Å². The summed E-state index contributed by atoms with van der Waals surface area (Å²) < 4.78 is 0. The van der Waals surface area contributed by atoms with Crippen molar-refractivity contribution in [1.29, 1.82) is 0 Å².